The Morgan fingerprint density at radius 2 is 1.88 bits per heavy atom. The predicted molar refractivity (Wildman–Crippen MR) is 154 cm³/mol. The molecule has 2 fully saturated rings. The van der Waals surface area contributed by atoms with Crippen molar-refractivity contribution in [2.75, 3.05) is 13.1 Å². The number of amides is 2. The van der Waals surface area contributed by atoms with Gasteiger partial charge in [0.1, 0.15) is 11.4 Å². The molecule has 2 aromatic rings. The van der Waals surface area contributed by atoms with E-state index in [1.165, 1.54) is 12.1 Å². The minimum Gasteiger partial charge on any atom is -0.444 e. The number of hydrogen-bond acceptors (Lipinski definition) is 5. The van der Waals surface area contributed by atoms with Gasteiger partial charge in [-0.3, -0.25) is 10.1 Å². The lowest BCUT2D eigenvalue weighted by molar-refractivity contribution is -0.138. The molecule has 0 bridgehead atoms. The Morgan fingerprint density at radius 3 is 2.52 bits per heavy atom. The van der Waals surface area contributed by atoms with Crippen LogP contribution in [0.5, 0.6) is 0 Å². The first kappa shape index (κ1) is 29.6. The van der Waals surface area contributed by atoms with E-state index in [0.717, 1.165) is 67.3 Å². The molecule has 1 aromatic carbocycles. The molecule has 7 nitrogen and oxygen atoms in total. The molecule has 1 saturated carbocycles. The maximum absolute atomic E-state index is 13.5. The first-order chi connectivity index (χ1) is 19.0. The van der Waals surface area contributed by atoms with Gasteiger partial charge in [-0.05, 0) is 102 Å². The van der Waals surface area contributed by atoms with E-state index >= 15 is 0 Å². The smallest absolute Gasteiger partial charge is 0.411 e. The lowest BCUT2D eigenvalue weighted by Crippen LogP contribution is -2.42. The molecule has 0 spiro atoms. The number of likely N-dealkylation sites (tertiary alicyclic amines) is 1. The molecular formula is C32H42FN3O4. The lowest BCUT2D eigenvalue weighted by atomic mass is 9.78. The Labute approximate surface area is 236 Å². The van der Waals surface area contributed by atoms with Gasteiger partial charge in [0.2, 0.25) is 5.91 Å². The molecule has 40 heavy (non-hydrogen) atoms. The van der Waals surface area contributed by atoms with Crippen molar-refractivity contribution in [3.05, 3.63) is 65.8 Å². The first-order valence-corrected chi connectivity index (χ1v) is 14.4. The molecule has 0 radical (unpaired) electrons. The molecule has 2 amide bonds. The van der Waals surface area contributed by atoms with Crippen LogP contribution in [-0.4, -0.2) is 40.7 Å². The largest absolute Gasteiger partial charge is 0.444 e. The third-order valence-electron chi connectivity index (χ3n) is 7.81. The van der Waals surface area contributed by atoms with Crippen LogP contribution in [0.3, 0.4) is 0 Å². The zero-order chi connectivity index (χ0) is 28.9. The average Bonchev–Trinajstić information content (AvgIpc) is 3.30. The highest BCUT2D eigenvalue weighted by molar-refractivity contribution is 5.80. The molecule has 0 atom stereocenters. The van der Waals surface area contributed by atoms with E-state index in [1.54, 1.807) is 12.1 Å². The minimum absolute atomic E-state index is 0.0709. The van der Waals surface area contributed by atoms with Crippen molar-refractivity contribution in [1.82, 2.24) is 15.4 Å². The summed E-state index contributed by atoms with van der Waals surface area (Å²) in [6.45, 7) is 12.6. The molecule has 1 aromatic heterocycles. The summed E-state index contributed by atoms with van der Waals surface area (Å²) >= 11 is 0. The molecule has 1 aliphatic heterocycles. The molecule has 1 N–H and O–H groups in total. The van der Waals surface area contributed by atoms with E-state index in [0.29, 0.717) is 24.6 Å². The number of aromatic nitrogens is 1. The van der Waals surface area contributed by atoms with Gasteiger partial charge in [0.15, 0.2) is 5.58 Å². The Hall–Kier alpha value is -3.42. The number of carbonyl (C=O) groups excluding carboxylic acids is 2. The number of hydrogen-bond donors (Lipinski definition) is 1. The third kappa shape index (κ3) is 7.83. The second-order valence-electron chi connectivity index (χ2n) is 12.2. The van der Waals surface area contributed by atoms with Crippen molar-refractivity contribution in [2.24, 2.45) is 11.8 Å². The number of nitrogens with one attached hydrogen (secondary N) is 1. The second kappa shape index (κ2) is 12.8. The van der Waals surface area contributed by atoms with Gasteiger partial charge in [0.25, 0.3) is 0 Å². The summed E-state index contributed by atoms with van der Waals surface area (Å²) in [5.41, 5.74) is 2.62. The van der Waals surface area contributed by atoms with Gasteiger partial charge < -0.3 is 14.2 Å². The normalized spacial score (nSPS) is 21.4. The van der Waals surface area contributed by atoms with Crippen LogP contribution in [0.2, 0.25) is 0 Å². The van der Waals surface area contributed by atoms with Crippen molar-refractivity contribution in [3.63, 3.8) is 0 Å². The molecule has 4 rings (SSSR count). The summed E-state index contributed by atoms with van der Waals surface area (Å²) in [5.74, 6) is 0.699. The molecule has 0 unspecified atom stereocenters. The van der Waals surface area contributed by atoms with E-state index < -0.39 is 11.7 Å². The fraction of sp³-hybridized carbons (Fsp3) is 0.531. The van der Waals surface area contributed by atoms with Crippen molar-refractivity contribution in [3.8, 4) is 0 Å². The molecule has 2 aliphatic rings. The number of halogens is 1. The predicted octanol–water partition coefficient (Wildman–Crippen LogP) is 7.41. The van der Waals surface area contributed by atoms with E-state index in [9.17, 15) is 14.0 Å². The first-order valence-electron chi connectivity index (χ1n) is 14.4. The van der Waals surface area contributed by atoms with E-state index in [4.69, 9.17) is 9.26 Å². The highest BCUT2D eigenvalue weighted by Gasteiger charge is 2.33. The van der Waals surface area contributed by atoms with E-state index in [2.05, 4.69) is 17.1 Å². The van der Waals surface area contributed by atoms with Crippen molar-refractivity contribution >= 4 is 23.0 Å². The van der Waals surface area contributed by atoms with Gasteiger partial charge in [-0.1, -0.05) is 23.9 Å². The average molecular weight is 552 g/mol. The number of allylic oxidation sites excluding steroid dienone is 5. The monoisotopic (exact) mass is 551 g/mol. The summed E-state index contributed by atoms with van der Waals surface area (Å²) in [4.78, 5) is 27.5. The number of alkyl carbamates (subject to hydrolysis) is 1. The van der Waals surface area contributed by atoms with Gasteiger partial charge in [0.05, 0.1) is 5.69 Å². The van der Waals surface area contributed by atoms with Gasteiger partial charge in [-0.25, -0.2) is 9.18 Å². The SMILES string of the molecule is C=C/C=C(\C=C(/C)NC(=O)OC(C)(C)C)CC1CCC(C(=O)N2CCC(c3noc4cc(F)ccc34)CC2)CC1. The molecule has 1 aliphatic carbocycles. The quantitative estimate of drug-likeness (QED) is 0.362. The van der Waals surface area contributed by atoms with Crippen LogP contribution in [0.1, 0.15) is 84.3 Å². The zero-order valence-electron chi connectivity index (χ0n) is 24.2. The van der Waals surface area contributed by atoms with E-state index in [1.807, 2.05) is 44.7 Å². The Balaban J connectivity index is 1.25. The van der Waals surface area contributed by atoms with Crippen molar-refractivity contribution in [2.45, 2.75) is 84.2 Å². The Morgan fingerprint density at radius 1 is 1.18 bits per heavy atom. The van der Waals surface area contributed by atoms with Gasteiger partial charge in [0, 0.05) is 42.1 Å². The minimum atomic E-state index is -0.552. The maximum Gasteiger partial charge on any atom is 0.411 e. The Kier molecular flexibility index (Phi) is 9.48. The van der Waals surface area contributed by atoms with Crippen LogP contribution < -0.4 is 5.32 Å². The number of nitrogens with zero attached hydrogens (tertiary/aromatic N) is 2. The second-order valence-corrected chi connectivity index (χ2v) is 12.2. The standard InChI is InChI=1S/C32H42FN3O4/c1-6-7-23(18-21(2)34-31(38)39-32(3,4)5)19-22-8-10-25(11-9-22)30(37)36-16-14-24(15-17-36)29-27-13-12-26(33)20-28(27)40-35-29/h6-7,12-13,18,20,22,24-25H,1,8-11,14-17,19H2,2-5H3,(H,34,38)/b21-18+,23-7+. The number of piperidine rings is 1. The maximum atomic E-state index is 13.5. The van der Waals surface area contributed by atoms with E-state index in [-0.39, 0.29) is 23.6 Å². The lowest BCUT2D eigenvalue weighted by Gasteiger charge is -2.36. The summed E-state index contributed by atoms with van der Waals surface area (Å²) in [6.07, 6.45) is 11.6. The van der Waals surface area contributed by atoms with Gasteiger partial charge >= 0.3 is 6.09 Å². The highest BCUT2D eigenvalue weighted by Crippen LogP contribution is 2.37. The number of benzene rings is 1. The molecule has 216 valence electrons. The highest BCUT2D eigenvalue weighted by atomic mass is 19.1. The summed E-state index contributed by atoms with van der Waals surface area (Å²) in [5, 5.41) is 7.88. The Bertz CT molecular complexity index is 1270. The molecule has 2 heterocycles. The fourth-order valence-corrected chi connectivity index (χ4v) is 5.91. The van der Waals surface area contributed by atoms with Crippen LogP contribution in [0, 0.1) is 17.7 Å². The molecule has 8 heteroatoms. The fourth-order valence-electron chi connectivity index (χ4n) is 5.91. The van der Waals surface area contributed by atoms with Crippen LogP contribution in [0.15, 0.2) is 58.8 Å². The molecule has 1 saturated heterocycles. The summed E-state index contributed by atoms with van der Waals surface area (Å²) in [6, 6.07) is 4.54. The van der Waals surface area contributed by atoms with Gasteiger partial charge in [-0.15, -0.1) is 0 Å². The topological polar surface area (TPSA) is 84.7 Å². The number of ether oxygens (including phenoxy) is 1. The van der Waals surface area contributed by atoms with Crippen LogP contribution in [0.4, 0.5) is 9.18 Å². The van der Waals surface area contributed by atoms with Gasteiger partial charge in [-0.2, -0.15) is 0 Å². The molecular weight excluding hydrogens is 509 g/mol. The van der Waals surface area contributed by atoms with Crippen LogP contribution in [0.25, 0.3) is 11.0 Å². The summed E-state index contributed by atoms with van der Waals surface area (Å²) < 4.78 is 24.2. The van der Waals surface area contributed by atoms with Crippen molar-refractivity contribution < 1.29 is 23.2 Å². The third-order valence-corrected chi connectivity index (χ3v) is 7.81. The number of fused-ring (bicyclic) bond motifs is 1. The van der Waals surface area contributed by atoms with Crippen molar-refractivity contribution in [1.29, 1.82) is 0 Å². The number of rotatable bonds is 7. The van der Waals surface area contributed by atoms with Crippen LogP contribution >= 0.6 is 0 Å². The summed E-state index contributed by atoms with van der Waals surface area (Å²) in [7, 11) is 0. The zero-order valence-corrected chi connectivity index (χ0v) is 24.2. The van der Waals surface area contributed by atoms with Crippen LogP contribution in [-0.2, 0) is 9.53 Å². The number of carbonyl (C=O) groups is 2.